The van der Waals surface area contributed by atoms with Gasteiger partial charge in [0.1, 0.15) is 0 Å². The molecular weight excluding hydrogens is 288 g/mol. The molecule has 2 atom stereocenters. The molecule has 2 bridgehead atoms. The molecule has 0 aliphatic heterocycles. The second-order valence-corrected chi connectivity index (χ2v) is 7.27. The molecule has 2 fully saturated rings. The summed E-state index contributed by atoms with van der Waals surface area (Å²) in [5.74, 6) is 1.25. The first-order valence-corrected chi connectivity index (χ1v) is 8.62. The molecule has 4 N–H and O–H groups in total. The number of carbonyl (C=O) groups is 1. The molecule has 2 unspecified atom stereocenters. The van der Waals surface area contributed by atoms with Crippen LogP contribution in [0.4, 0.5) is 5.69 Å². The van der Waals surface area contributed by atoms with E-state index in [-0.39, 0.29) is 11.8 Å². The van der Waals surface area contributed by atoms with E-state index in [1.807, 2.05) is 25.3 Å². The second-order valence-electron chi connectivity index (χ2n) is 7.27. The molecule has 0 radical (unpaired) electrons. The van der Waals surface area contributed by atoms with Gasteiger partial charge in [-0.2, -0.15) is 5.10 Å². The van der Waals surface area contributed by atoms with Crippen LogP contribution in [0.1, 0.15) is 37.7 Å². The summed E-state index contributed by atoms with van der Waals surface area (Å²) in [4.78, 5) is 12.8. The summed E-state index contributed by atoms with van der Waals surface area (Å²) in [6.07, 6.45) is 7.30. The van der Waals surface area contributed by atoms with Gasteiger partial charge in [-0.05, 0) is 56.1 Å². The van der Waals surface area contributed by atoms with Gasteiger partial charge in [-0.15, -0.1) is 0 Å². The average Bonchev–Trinajstić information content (AvgIpc) is 3.00. The minimum absolute atomic E-state index is 0.0874. The lowest BCUT2D eigenvalue weighted by Gasteiger charge is -2.43. The molecule has 4 rings (SSSR count). The lowest BCUT2D eigenvalue weighted by Crippen LogP contribution is -2.48. The van der Waals surface area contributed by atoms with Crippen molar-refractivity contribution in [2.24, 2.45) is 23.5 Å². The second kappa shape index (κ2) is 5.64. The molecule has 2 aliphatic rings. The highest BCUT2D eigenvalue weighted by Crippen LogP contribution is 2.42. The number of nitrogens with one attached hydrogen (secondary N) is 2. The quantitative estimate of drug-likeness (QED) is 0.797. The number of hydrogen-bond acceptors (Lipinski definition) is 3. The molecule has 1 heterocycles. The van der Waals surface area contributed by atoms with Crippen molar-refractivity contribution in [2.75, 3.05) is 5.32 Å². The number of nitrogens with zero attached hydrogens (tertiary/aromatic N) is 1. The molecule has 5 nitrogen and oxygen atoms in total. The van der Waals surface area contributed by atoms with Crippen LogP contribution in [0.2, 0.25) is 0 Å². The molecule has 5 heteroatoms. The molecule has 0 saturated heterocycles. The van der Waals surface area contributed by atoms with Crippen molar-refractivity contribution >= 4 is 22.5 Å². The van der Waals surface area contributed by atoms with Crippen LogP contribution in [-0.4, -0.2) is 22.1 Å². The van der Waals surface area contributed by atoms with Crippen molar-refractivity contribution in [3.63, 3.8) is 0 Å². The summed E-state index contributed by atoms with van der Waals surface area (Å²) in [6.45, 7) is 2.05. The van der Waals surface area contributed by atoms with E-state index in [4.69, 9.17) is 5.73 Å². The molecular formula is C18H24N4O. The van der Waals surface area contributed by atoms with Crippen LogP contribution < -0.4 is 11.1 Å². The summed E-state index contributed by atoms with van der Waals surface area (Å²) in [7, 11) is 0. The lowest BCUT2D eigenvalue weighted by atomic mass is 9.65. The van der Waals surface area contributed by atoms with Gasteiger partial charge in [-0.3, -0.25) is 9.89 Å². The highest BCUT2D eigenvalue weighted by Gasteiger charge is 2.40. The van der Waals surface area contributed by atoms with Crippen molar-refractivity contribution in [3.05, 3.63) is 23.9 Å². The number of carbonyl (C=O) groups excluding carboxylic acids is 1. The summed E-state index contributed by atoms with van der Waals surface area (Å²) >= 11 is 0. The number of rotatable bonds is 2. The molecule has 0 spiro atoms. The molecule has 23 heavy (non-hydrogen) atoms. The third-order valence-corrected chi connectivity index (χ3v) is 5.88. The first kappa shape index (κ1) is 14.7. The smallest absolute Gasteiger partial charge is 0.227 e. The van der Waals surface area contributed by atoms with E-state index in [0.717, 1.165) is 35.0 Å². The van der Waals surface area contributed by atoms with Crippen molar-refractivity contribution in [2.45, 2.75) is 45.1 Å². The maximum atomic E-state index is 12.8. The number of aromatic nitrogens is 2. The Morgan fingerprint density at radius 1 is 1.30 bits per heavy atom. The number of H-pyrrole nitrogens is 1. The third-order valence-electron chi connectivity index (χ3n) is 5.88. The highest BCUT2D eigenvalue weighted by atomic mass is 16.1. The molecule has 2 aromatic rings. The molecule has 2 saturated carbocycles. The van der Waals surface area contributed by atoms with Crippen molar-refractivity contribution in [1.29, 1.82) is 0 Å². The Kier molecular flexibility index (Phi) is 3.60. The zero-order valence-electron chi connectivity index (χ0n) is 13.5. The van der Waals surface area contributed by atoms with Gasteiger partial charge < -0.3 is 11.1 Å². The van der Waals surface area contributed by atoms with E-state index in [1.165, 1.54) is 19.3 Å². The number of fused-ring (bicyclic) bond motifs is 3. The van der Waals surface area contributed by atoms with Gasteiger partial charge in [0.05, 0.1) is 17.4 Å². The minimum atomic E-state index is 0.0874. The van der Waals surface area contributed by atoms with Gasteiger partial charge in [-0.25, -0.2) is 0 Å². The van der Waals surface area contributed by atoms with Crippen molar-refractivity contribution in [1.82, 2.24) is 10.2 Å². The normalized spacial score (nSPS) is 30.3. The summed E-state index contributed by atoms with van der Waals surface area (Å²) in [5.41, 5.74) is 9.22. The fraction of sp³-hybridized carbons (Fsp3) is 0.556. The lowest BCUT2D eigenvalue weighted by molar-refractivity contribution is -0.122. The van der Waals surface area contributed by atoms with Crippen molar-refractivity contribution in [3.8, 4) is 0 Å². The SMILES string of the molecule is Cc1ccc(NC(=O)C2CC3CCCC(C2)C3N)c2[nH]ncc12. The summed E-state index contributed by atoms with van der Waals surface area (Å²) in [6, 6.07) is 4.29. The predicted molar refractivity (Wildman–Crippen MR) is 91.0 cm³/mol. The standard InChI is InChI=1S/C18H24N4O/c1-10-5-6-15(17-14(10)9-20-22-17)21-18(23)13-7-11-3-2-4-12(8-13)16(11)19/h5-6,9,11-13,16H,2-4,7-8,19H2,1H3,(H,20,22)(H,21,23). The number of nitrogens with two attached hydrogens (primary N) is 1. The average molecular weight is 312 g/mol. The number of anilines is 1. The van der Waals surface area contributed by atoms with Gasteiger partial charge in [0.15, 0.2) is 0 Å². The van der Waals surface area contributed by atoms with E-state index >= 15 is 0 Å². The Balaban J connectivity index is 1.53. The molecule has 1 aromatic heterocycles. The zero-order chi connectivity index (χ0) is 16.0. The van der Waals surface area contributed by atoms with E-state index in [1.54, 1.807) is 0 Å². The largest absolute Gasteiger partial charge is 0.327 e. The molecule has 122 valence electrons. The minimum Gasteiger partial charge on any atom is -0.327 e. The van der Waals surface area contributed by atoms with E-state index < -0.39 is 0 Å². The number of benzene rings is 1. The van der Waals surface area contributed by atoms with E-state index in [2.05, 4.69) is 15.5 Å². The Morgan fingerprint density at radius 2 is 2.04 bits per heavy atom. The molecule has 1 aromatic carbocycles. The predicted octanol–water partition coefficient (Wildman–Crippen LogP) is 2.96. The topological polar surface area (TPSA) is 83.8 Å². The van der Waals surface area contributed by atoms with Gasteiger partial charge in [0.2, 0.25) is 5.91 Å². The van der Waals surface area contributed by atoms with Crippen molar-refractivity contribution < 1.29 is 4.79 Å². The molecule has 2 aliphatic carbocycles. The first-order chi connectivity index (χ1) is 11.1. The van der Waals surface area contributed by atoms with E-state index in [0.29, 0.717) is 17.9 Å². The fourth-order valence-corrected chi connectivity index (χ4v) is 4.51. The van der Waals surface area contributed by atoms with Crippen LogP contribution in [0, 0.1) is 24.7 Å². The Morgan fingerprint density at radius 3 is 2.78 bits per heavy atom. The Bertz CT molecular complexity index is 724. The van der Waals surface area contributed by atoms with Crippen LogP contribution >= 0.6 is 0 Å². The summed E-state index contributed by atoms with van der Waals surface area (Å²) in [5, 5.41) is 11.3. The maximum Gasteiger partial charge on any atom is 0.227 e. The Hall–Kier alpha value is -1.88. The van der Waals surface area contributed by atoms with Crippen LogP contribution in [0.3, 0.4) is 0 Å². The maximum absolute atomic E-state index is 12.8. The van der Waals surface area contributed by atoms with Crippen LogP contribution in [0.15, 0.2) is 18.3 Å². The first-order valence-electron chi connectivity index (χ1n) is 8.62. The fourth-order valence-electron chi connectivity index (χ4n) is 4.51. The molecule has 1 amide bonds. The van der Waals surface area contributed by atoms with Crippen LogP contribution in [0.25, 0.3) is 10.9 Å². The van der Waals surface area contributed by atoms with E-state index in [9.17, 15) is 4.79 Å². The summed E-state index contributed by atoms with van der Waals surface area (Å²) < 4.78 is 0. The number of aryl methyl sites for hydroxylation is 1. The van der Waals surface area contributed by atoms with Gasteiger partial charge in [0, 0.05) is 17.3 Å². The van der Waals surface area contributed by atoms with Crippen LogP contribution in [0.5, 0.6) is 0 Å². The van der Waals surface area contributed by atoms with Gasteiger partial charge in [-0.1, -0.05) is 12.5 Å². The zero-order valence-corrected chi connectivity index (χ0v) is 13.5. The number of amides is 1. The highest BCUT2D eigenvalue weighted by molar-refractivity contribution is 6.01. The van der Waals surface area contributed by atoms with Gasteiger partial charge in [0.25, 0.3) is 0 Å². The third kappa shape index (κ3) is 2.53. The van der Waals surface area contributed by atoms with Crippen LogP contribution in [-0.2, 0) is 4.79 Å². The van der Waals surface area contributed by atoms with Gasteiger partial charge >= 0.3 is 0 Å². The number of aromatic amines is 1. The number of hydrogen-bond donors (Lipinski definition) is 3. The Labute approximate surface area is 136 Å². The monoisotopic (exact) mass is 312 g/mol.